The molecule has 2 N–H and O–H groups in total. The van der Waals surface area contributed by atoms with Crippen molar-refractivity contribution in [3.63, 3.8) is 0 Å². The zero-order valence-corrected chi connectivity index (χ0v) is 12.8. The number of halogens is 3. The van der Waals surface area contributed by atoms with E-state index in [0.29, 0.717) is 18.6 Å². The van der Waals surface area contributed by atoms with E-state index in [-0.39, 0.29) is 30.4 Å². The average molecular weight is 333 g/mol. The van der Waals surface area contributed by atoms with Crippen molar-refractivity contribution in [2.24, 2.45) is 0 Å². The first-order valence-electron chi connectivity index (χ1n) is 7.25. The van der Waals surface area contributed by atoms with Gasteiger partial charge in [0, 0.05) is 6.61 Å². The number of nitrogens with one attached hydrogen (secondary N) is 2. The van der Waals surface area contributed by atoms with Crippen LogP contribution in [0.5, 0.6) is 0 Å². The minimum Gasteiger partial charge on any atom is -0.371 e. The first-order chi connectivity index (χ1) is 10.1. The van der Waals surface area contributed by atoms with E-state index in [1.54, 1.807) is 0 Å². The minimum atomic E-state index is -0.898. The van der Waals surface area contributed by atoms with Crippen LogP contribution in [0, 0.1) is 11.6 Å². The number of hydrogen-bond donors (Lipinski definition) is 2. The summed E-state index contributed by atoms with van der Waals surface area (Å²) in [6.45, 7) is 1.35. The zero-order chi connectivity index (χ0) is 14.8. The highest BCUT2D eigenvalue weighted by Crippen LogP contribution is 2.30. The number of rotatable bonds is 3. The topological polar surface area (TPSA) is 50.4 Å². The summed E-state index contributed by atoms with van der Waals surface area (Å²) in [6, 6.07) is 3.37. The van der Waals surface area contributed by atoms with Gasteiger partial charge in [-0.2, -0.15) is 0 Å². The second-order valence-corrected chi connectivity index (χ2v) is 5.52. The molecule has 0 bridgehead atoms. The van der Waals surface area contributed by atoms with Crippen LogP contribution in [0.1, 0.15) is 30.9 Å². The average Bonchev–Trinajstić information content (AvgIpc) is 3.13. The molecule has 3 unspecified atom stereocenters. The van der Waals surface area contributed by atoms with Gasteiger partial charge in [0.25, 0.3) is 0 Å². The summed E-state index contributed by atoms with van der Waals surface area (Å²) >= 11 is 0. The molecule has 2 fully saturated rings. The SMILES string of the molecule is Cl.O=C(NC1CCOC1c1ccc(F)c(F)c1)C1CCCN1. The van der Waals surface area contributed by atoms with E-state index in [1.807, 2.05) is 0 Å². The molecule has 22 heavy (non-hydrogen) atoms. The van der Waals surface area contributed by atoms with Crippen molar-refractivity contribution < 1.29 is 18.3 Å². The van der Waals surface area contributed by atoms with E-state index in [4.69, 9.17) is 4.74 Å². The third-order valence-electron chi connectivity index (χ3n) is 4.07. The van der Waals surface area contributed by atoms with Crippen LogP contribution < -0.4 is 10.6 Å². The Morgan fingerprint density at radius 3 is 2.77 bits per heavy atom. The molecule has 0 aliphatic carbocycles. The summed E-state index contributed by atoms with van der Waals surface area (Å²) in [4.78, 5) is 12.1. The molecule has 122 valence electrons. The molecule has 0 radical (unpaired) electrons. The minimum absolute atomic E-state index is 0. The molecule has 2 heterocycles. The lowest BCUT2D eigenvalue weighted by molar-refractivity contribution is -0.123. The third kappa shape index (κ3) is 3.56. The Bertz CT molecular complexity index is 538. The molecule has 7 heteroatoms. The molecule has 3 rings (SSSR count). The Balaban J connectivity index is 0.00000176. The molecule has 1 aromatic rings. The molecular weight excluding hydrogens is 314 g/mol. The third-order valence-corrected chi connectivity index (χ3v) is 4.07. The predicted molar refractivity (Wildman–Crippen MR) is 79.9 cm³/mol. The van der Waals surface area contributed by atoms with Crippen LogP contribution in [0.4, 0.5) is 8.78 Å². The van der Waals surface area contributed by atoms with Crippen LogP contribution >= 0.6 is 12.4 Å². The summed E-state index contributed by atoms with van der Waals surface area (Å²) in [5.41, 5.74) is 0.552. The molecule has 0 saturated carbocycles. The van der Waals surface area contributed by atoms with Crippen LogP contribution in [-0.4, -0.2) is 31.1 Å². The number of hydrogen-bond acceptors (Lipinski definition) is 3. The first-order valence-corrected chi connectivity index (χ1v) is 7.25. The van der Waals surface area contributed by atoms with Crippen molar-refractivity contribution in [3.8, 4) is 0 Å². The van der Waals surface area contributed by atoms with Crippen molar-refractivity contribution in [3.05, 3.63) is 35.4 Å². The summed E-state index contributed by atoms with van der Waals surface area (Å²) in [6.07, 6.45) is 2.06. The highest BCUT2D eigenvalue weighted by atomic mass is 35.5. The summed E-state index contributed by atoms with van der Waals surface area (Å²) < 4.78 is 31.9. The molecule has 0 aromatic heterocycles. The van der Waals surface area contributed by atoms with E-state index in [2.05, 4.69) is 10.6 Å². The van der Waals surface area contributed by atoms with Gasteiger partial charge in [0.05, 0.1) is 12.1 Å². The predicted octanol–water partition coefficient (Wildman–Crippen LogP) is 2.08. The number of carbonyl (C=O) groups is 1. The summed E-state index contributed by atoms with van der Waals surface area (Å²) in [5, 5.41) is 6.10. The fourth-order valence-electron chi connectivity index (χ4n) is 2.95. The lowest BCUT2D eigenvalue weighted by Gasteiger charge is -2.22. The van der Waals surface area contributed by atoms with Crippen LogP contribution in [-0.2, 0) is 9.53 Å². The Hall–Kier alpha value is -1.24. The molecule has 1 amide bonds. The molecule has 0 spiro atoms. The van der Waals surface area contributed by atoms with Gasteiger partial charge in [-0.1, -0.05) is 6.07 Å². The van der Waals surface area contributed by atoms with Gasteiger partial charge in [-0.25, -0.2) is 8.78 Å². The van der Waals surface area contributed by atoms with E-state index in [0.717, 1.165) is 31.5 Å². The number of carbonyl (C=O) groups excluding carboxylic acids is 1. The van der Waals surface area contributed by atoms with Gasteiger partial charge in [-0.15, -0.1) is 12.4 Å². The number of amides is 1. The summed E-state index contributed by atoms with van der Waals surface area (Å²) in [7, 11) is 0. The van der Waals surface area contributed by atoms with Gasteiger partial charge < -0.3 is 15.4 Å². The molecular formula is C15H19ClF2N2O2. The largest absolute Gasteiger partial charge is 0.371 e. The molecule has 3 atom stereocenters. The molecule has 1 aromatic carbocycles. The maximum Gasteiger partial charge on any atom is 0.237 e. The van der Waals surface area contributed by atoms with Crippen molar-refractivity contribution in [2.75, 3.05) is 13.2 Å². The van der Waals surface area contributed by atoms with Crippen molar-refractivity contribution >= 4 is 18.3 Å². The molecule has 2 aliphatic rings. The standard InChI is InChI=1S/C15H18F2N2O2.ClH/c16-10-4-3-9(8-11(10)17)14-12(5-7-21-14)19-15(20)13-2-1-6-18-13;/h3-4,8,12-14,18H,1-2,5-7H2,(H,19,20);1H. The molecule has 4 nitrogen and oxygen atoms in total. The maximum absolute atomic E-state index is 13.3. The first kappa shape index (κ1) is 17.1. The quantitative estimate of drug-likeness (QED) is 0.891. The van der Waals surface area contributed by atoms with Gasteiger partial charge in [-0.3, -0.25) is 4.79 Å². The Morgan fingerprint density at radius 2 is 2.09 bits per heavy atom. The second-order valence-electron chi connectivity index (χ2n) is 5.52. The van der Waals surface area contributed by atoms with Gasteiger partial charge >= 0.3 is 0 Å². The lowest BCUT2D eigenvalue weighted by atomic mass is 10.0. The van der Waals surface area contributed by atoms with E-state index in [1.165, 1.54) is 6.07 Å². The fourth-order valence-corrected chi connectivity index (χ4v) is 2.95. The van der Waals surface area contributed by atoms with Crippen molar-refractivity contribution in [2.45, 2.75) is 37.5 Å². The fraction of sp³-hybridized carbons (Fsp3) is 0.533. The lowest BCUT2D eigenvalue weighted by Crippen LogP contribution is -2.46. The Kier molecular flexibility index (Phi) is 5.72. The van der Waals surface area contributed by atoms with E-state index < -0.39 is 17.7 Å². The van der Waals surface area contributed by atoms with Gasteiger partial charge in [0.2, 0.25) is 5.91 Å². The number of benzene rings is 1. The molecule has 2 aliphatic heterocycles. The van der Waals surface area contributed by atoms with Crippen LogP contribution in [0.25, 0.3) is 0 Å². The Labute approximate surface area is 134 Å². The number of ether oxygens (including phenoxy) is 1. The van der Waals surface area contributed by atoms with Gasteiger partial charge in [0.1, 0.15) is 6.10 Å². The summed E-state index contributed by atoms with van der Waals surface area (Å²) in [5.74, 6) is -1.83. The van der Waals surface area contributed by atoms with Gasteiger partial charge in [0.15, 0.2) is 11.6 Å². The van der Waals surface area contributed by atoms with E-state index >= 15 is 0 Å². The van der Waals surface area contributed by atoms with Crippen LogP contribution in [0.15, 0.2) is 18.2 Å². The normalized spacial score (nSPS) is 27.5. The highest BCUT2D eigenvalue weighted by Gasteiger charge is 2.33. The van der Waals surface area contributed by atoms with Crippen LogP contribution in [0.2, 0.25) is 0 Å². The zero-order valence-electron chi connectivity index (χ0n) is 12.0. The monoisotopic (exact) mass is 332 g/mol. The smallest absolute Gasteiger partial charge is 0.237 e. The van der Waals surface area contributed by atoms with Gasteiger partial charge in [-0.05, 0) is 43.5 Å². The van der Waals surface area contributed by atoms with Crippen LogP contribution in [0.3, 0.4) is 0 Å². The van der Waals surface area contributed by atoms with Crippen molar-refractivity contribution in [1.29, 1.82) is 0 Å². The van der Waals surface area contributed by atoms with Crippen molar-refractivity contribution in [1.82, 2.24) is 10.6 Å². The highest BCUT2D eigenvalue weighted by molar-refractivity contribution is 5.85. The van der Waals surface area contributed by atoms with E-state index in [9.17, 15) is 13.6 Å². The Morgan fingerprint density at radius 1 is 1.27 bits per heavy atom. The second kappa shape index (κ2) is 7.35. The molecule has 2 saturated heterocycles. The maximum atomic E-state index is 13.3.